The fraction of sp³-hybridized carbons (Fsp3) is 0.317. The highest BCUT2D eigenvalue weighted by Crippen LogP contribution is 2.41. The Morgan fingerprint density at radius 3 is 2.47 bits per heavy atom. The molecule has 4 nitrogen and oxygen atoms in total. The monoisotopic (exact) mass is 593 g/mol. The molecule has 1 heterocycles. The smallest absolute Gasteiger partial charge is 0.272 e. The summed E-state index contributed by atoms with van der Waals surface area (Å²) in [5.74, 6) is 0. The molecule has 45 heavy (non-hydrogen) atoms. The van der Waals surface area contributed by atoms with Crippen molar-refractivity contribution in [2.24, 2.45) is 0 Å². The summed E-state index contributed by atoms with van der Waals surface area (Å²) in [7, 11) is 2.31. The molecule has 1 aromatic heterocycles. The third-order valence-electron chi connectivity index (χ3n) is 10.1. The van der Waals surface area contributed by atoms with Crippen LogP contribution in [0.25, 0.3) is 27.1 Å². The molecular formula is C41H43N3O. The number of rotatable bonds is 5. The first kappa shape index (κ1) is 29.4. The van der Waals surface area contributed by atoms with Crippen molar-refractivity contribution in [3.8, 4) is 0 Å². The molecule has 1 N–H and O–H groups in total. The number of aromatic nitrogens is 2. The van der Waals surface area contributed by atoms with Crippen LogP contribution in [0.4, 0.5) is 0 Å². The van der Waals surface area contributed by atoms with Crippen LogP contribution in [-0.2, 0) is 19.4 Å². The van der Waals surface area contributed by atoms with Gasteiger partial charge in [-0.25, -0.2) is 5.10 Å². The fourth-order valence-corrected chi connectivity index (χ4v) is 7.68. The van der Waals surface area contributed by atoms with Crippen LogP contribution in [0, 0.1) is 0 Å². The van der Waals surface area contributed by atoms with Crippen molar-refractivity contribution >= 4 is 27.1 Å². The summed E-state index contributed by atoms with van der Waals surface area (Å²) in [5.41, 5.74) is 10.4. The Balaban J connectivity index is 0.000000249. The van der Waals surface area contributed by atoms with E-state index in [-0.39, 0.29) is 5.56 Å². The molecular weight excluding hydrogens is 550 g/mol. The van der Waals surface area contributed by atoms with E-state index >= 15 is 0 Å². The summed E-state index contributed by atoms with van der Waals surface area (Å²) in [6.45, 7) is 1.07. The average molecular weight is 594 g/mol. The van der Waals surface area contributed by atoms with Gasteiger partial charge in [0.2, 0.25) is 0 Å². The Kier molecular flexibility index (Phi) is 8.75. The van der Waals surface area contributed by atoms with Gasteiger partial charge in [-0.05, 0) is 102 Å². The topological polar surface area (TPSA) is 49.0 Å². The standard InChI is InChI=1S/C33H37N.C8H6N2O/c1-34(29-11-3-2-4-12-29)23-25-16-14-24(15-17-25)22-28-10-7-9-27-19-20-31-30-13-6-5-8-26(30)18-21-32(31)33(27)28;11-8-7-4-2-1-3-6(7)5-9-10-8/h6-7,9-10,13-17,19-20,29H,2-5,8,11-12,18,21-23H2,1H3;1-5H,(H,10,11). The second-order valence-electron chi connectivity index (χ2n) is 13.1. The summed E-state index contributed by atoms with van der Waals surface area (Å²) < 4.78 is 0. The van der Waals surface area contributed by atoms with E-state index in [1.165, 1.54) is 96.4 Å². The minimum Gasteiger partial charge on any atom is -0.299 e. The molecule has 5 aromatic rings. The first-order chi connectivity index (χ1) is 22.1. The number of H-pyrrole nitrogens is 1. The largest absolute Gasteiger partial charge is 0.299 e. The van der Waals surface area contributed by atoms with Crippen LogP contribution in [0.3, 0.4) is 0 Å². The van der Waals surface area contributed by atoms with Crippen molar-refractivity contribution in [1.29, 1.82) is 0 Å². The molecule has 0 unspecified atom stereocenters. The maximum Gasteiger partial charge on any atom is 0.272 e. The molecule has 3 aliphatic rings. The number of hydrogen-bond donors (Lipinski definition) is 1. The summed E-state index contributed by atoms with van der Waals surface area (Å²) in [6.07, 6.45) is 19.2. The van der Waals surface area contributed by atoms with Gasteiger partial charge in [0, 0.05) is 23.4 Å². The van der Waals surface area contributed by atoms with Gasteiger partial charge in [0.1, 0.15) is 0 Å². The van der Waals surface area contributed by atoms with Gasteiger partial charge in [-0.2, -0.15) is 5.10 Å². The lowest BCUT2D eigenvalue weighted by Crippen LogP contribution is -2.32. The number of hydrogen-bond acceptors (Lipinski definition) is 3. The van der Waals surface area contributed by atoms with Crippen LogP contribution >= 0.6 is 0 Å². The number of benzene rings is 4. The molecule has 1 saturated carbocycles. The molecule has 4 heteroatoms. The van der Waals surface area contributed by atoms with Crippen LogP contribution in [0.2, 0.25) is 0 Å². The number of aromatic amines is 1. The van der Waals surface area contributed by atoms with Gasteiger partial charge in [0.25, 0.3) is 5.56 Å². The van der Waals surface area contributed by atoms with Gasteiger partial charge in [0.15, 0.2) is 0 Å². The minimum atomic E-state index is -0.136. The summed E-state index contributed by atoms with van der Waals surface area (Å²) in [6, 6.07) is 29.2. The molecule has 3 aliphatic carbocycles. The Bertz CT molecular complexity index is 1920. The van der Waals surface area contributed by atoms with E-state index in [9.17, 15) is 4.79 Å². The highest BCUT2D eigenvalue weighted by Gasteiger charge is 2.22. The molecule has 0 amide bonds. The van der Waals surface area contributed by atoms with Gasteiger partial charge >= 0.3 is 0 Å². The van der Waals surface area contributed by atoms with Crippen LogP contribution in [0.15, 0.2) is 108 Å². The molecule has 0 radical (unpaired) electrons. The Morgan fingerprint density at radius 2 is 1.62 bits per heavy atom. The molecule has 1 fully saturated rings. The van der Waals surface area contributed by atoms with Gasteiger partial charge in [-0.15, -0.1) is 0 Å². The van der Waals surface area contributed by atoms with E-state index in [1.807, 2.05) is 18.2 Å². The van der Waals surface area contributed by atoms with Gasteiger partial charge in [-0.3, -0.25) is 9.69 Å². The number of aryl methyl sites for hydroxylation is 1. The Hall–Kier alpha value is -4.28. The average Bonchev–Trinajstić information content (AvgIpc) is 3.10. The summed E-state index contributed by atoms with van der Waals surface area (Å²) in [5, 5.41) is 10.5. The second-order valence-corrected chi connectivity index (χ2v) is 13.1. The molecule has 228 valence electrons. The maximum absolute atomic E-state index is 11.1. The lowest BCUT2D eigenvalue weighted by molar-refractivity contribution is 0.184. The third-order valence-corrected chi connectivity index (χ3v) is 10.1. The van der Waals surface area contributed by atoms with E-state index in [4.69, 9.17) is 0 Å². The summed E-state index contributed by atoms with van der Waals surface area (Å²) in [4.78, 5) is 13.6. The van der Waals surface area contributed by atoms with Crippen LogP contribution < -0.4 is 5.56 Å². The quantitative estimate of drug-likeness (QED) is 0.221. The maximum atomic E-state index is 11.1. The van der Waals surface area contributed by atoms with Gasteiger partial charge in [0.05, 0.1) is 6.20 Å². The Morgan fingerprint density at radius 1 is 0.822 bits per heavy atom. The van der Waals surface area contributed by atoms with Gasteiger partial charge < -0.3 is 0 Å². The first-order valence-corrected chi connectivity index (χ1v) is 16.8. The number of allylic oxidation sites excluding steroid dienone is 4. The minimum absolute atomic E-state index is 0.136. The number of nitrogens with zero attached hydrogens (tertiary/aromatic N) is 2. The van der Waals surface area contributed by atoms with Crippen LogP contribution in [0.5, 0.6) is 0 Å². The summed E-state index contributed by atoms with van der Waals surface area (Å²) >= 11 is 0. The number of nitrogens with one attached hydrogen (secondary N) is 1. The highest BCUT2D eigenvalue weighted by atomic mass is 16.1. The molecule has 0 saturated heterocycles. The molecule has 0 bridgehead atoms. The first-order valence-electron chi connectivity index (χ1n) is 16.8. The van der Waals surface area contributed by atoms with Gasteiger partial charge in [-0.1, -0.05) is 110 Å². The predicted molar refractivity (Wildman–Crippen MR) is 188 cm³/mol. The van der Waals surface area contributed by atoms with Crippen molar-refractivity contribution in [3.63, 3.8) is 0 Å². The van der Waals surface area contributed by atoms with Crippen molar-refractivity contribution < 1.29 is 0 Å². The zero-order valence-corrected chi connectivity index (χ0v) is 26.4. The second kappa shape index (κ2) is 13.4. The molecule has 0 atom stereocenters. The highest BCUT2D eigenvalue weighted by molar-refractivity contribution is 5.96. The predicted octanol–water partition coefficient (Wildman–Crippen LogP) is 9.17. The van der Waals surface area contributed by atoms with E-state index in [1.54, 1.807) is 23.4 Å². The zero-order chi connectivity index (χ0) is 30.6. The molecule has 4 aromatic carbocycles. The lowest BCUT2D eigenvalue weighted by Gasteiger charge is -2.31. The third kappa shape index (κ3) is 6.43. The van der Waals surface area contributed by atoms with E-state index in [0.29, 0.717) is 5.39 Å². The van der Waals surface area contributed by atoms with Crippen molar-refractivity contribution in [1.82, 2.24) is 15.1 Å². The van der Waals surface area contributed by atoms with E-state index in [2.05, 4.69) is 88.9 Å². The van der Waals surface area contributed by atoms with Crippen LogP contribution in [-0.4, -0.2) is 28.2 Å². The molecule has 8 rings (SSSR count). The molecule has 0 aliphatic heterocycles. The van der Waals surface area contributed by atoms with Crippen LogP contribution in [0.1, 0.15) is 79.2 Å². The zero-order valence-electron chi connectivity index (χ0n) is 26.4. The SMILES string of the molecule is CN(Cc1ccc(Cc2cccc3ccc4c(c23)CCC2=C4C=CCC2)cc1)C1CCCCC1.O=c1[nH]ncc2ccccc12. The van der Waals surface area contributed by atoms with Crippen molar-refractivity contribution in [2.45, 2.75) is 76.8 Å². The van der Waals surface area contributed by atoms with E-state index < -0.39 is 0 Å². The van der Waals surface area contributed by atoms with E-state index in [0.717, 1.165) is 24.4 Å². The number of fused-ring (bicyclic) bond motifs is 5. The van der Waals surface area contributed by atoms with Crippen molar-refractivity contribution in [2.75, 3.05) is 7.05 Å². The normalized spacial score (nSPS) is 16.4. The van der Waals surface area contributed by atoms with Crippen molar-refractivity contribution in [3.05, 3.63) is 141 Å². The lowest BCUT2D eigenvalue weighted by atomic mass is 9.78. The molecule has 0 spiro atoms. The fourth-order valence-electron chi connectivity index (χ4n) is 7.68. The Labute approximate surface area is 266 Å².